The molecule has 0 aromatic heterocycles. The van der Waals surface area contributed by atoms with Crippen molar-refractivity contribution < 1.29 is 19.4 Å². The number of rotatable bonds is 7. The lowest BCUT2D eigenvalue weighted by atomic mass is 10.1. The Labute approximate surface area is 165 Å². The maximum absolute atomic E-state index is 12.3. The van der Waals surface area contributed by atoms with E-state index < -0.39 is 24.5 Å². The van der Waals surface area contributed by atoms with Crippen molar-refractivity contribution in [1.29, 1.82) is 0 Å². The fourth-order valence-corrected chi connectivity index (χ4v) is 3.55. The minimum atomic E-state index is -1.10. The second-order valence-corrected chi connectivity index (χ2v) is 7.16. The molecule has 2 rings (SSSR count). The summed E-state index contributed by atoms with van der Waals surface area (Å²) in [4.78, 5) is 24.6. The molecule has 0 saturated carbocycles. The van der Waals surface area contributed by atoms with Crippen LogP contribution in [0.5, 0.6) is 0 Å². The number of aliphatic hydroxyl groups is 1. The smallest absolute Gasteiger partial charge is 0.330 e. The molecule has 0 saturated heterocycles. The van der Waals surface area contributed by atoms with Crippen LogP contribution in [0, 0.1) is 0 Å². The Bertz CT molecular complexity index is 801. The third-order valence-electron chi connectivity index (χ3n) is 3.45. The first-order chi connectivity index (χ1) is 12.4. The number of hydrogen-bond acceptors (Lipinski definition) is 5. The third kappa shape index (κ3) is 5.64. The van der Waals surface area contributed by atoms with Gasteiger partial charge in [0.15, 0.2) is 6.04 Å². The van der Waals surface area contributed by atoms with Crippen LogP contribution in [0.3, 0.4) is 0 Å². The first-order valence-corrected chi connectivity index (χ1v) is 9.35. The number of carbonyl (C=O) groups excluding carboxylic acids is 2. The first kappa shape index (κ1) is 20.6. The zero-order valence-electron chi connectivity index (χ0n) is 13.9. The Balaban J connectivity index is 2.06. The predicted molar refractivity (Wildman–Crippen MR) is 103 cm³/mol. The molecule has 1 amide bonds. The summed E-state index contributed by atoms with van der Waals surface area (Å²) in [6.45, 7) is -0.540. The fourth-order valence-electron chi connectivity index (χ4n) is 2.11. The molecular weight excluding hydrogens is 397 g/mol. The highest BCUT2D eigenvalue weighted by molar-refractivity contribution is 7.98. The molecule has 26 heavy (non-hydrogen) atoms. The van der Waals surface area contributed by atoms with Gasteiger partial charge in [0.25, 0.3) is 5.91 Å². The summed E-state index contributed by atoms with van der Waals surface area (Å²) in [7, 11) is 1.19. The van der Waals surface area contributed by atoms with Crippen LogP contribution < -0.4 is 5.32 Å². The van der Waals surface area contributed by atoms with Crippen molar-refractivity contribution in [3.63, 3.8) is 0 Å². The summed E-state index contributed by atoms with van der Waals surface area (Å²) >= 11 is 13.6. The monoisotopic (exact) mass is 413 g/mol. The number of aliphatic hydroxyl groups excluding tert-OH is 1. The predicted octanol–water partition coefficient (Wildman–Crippen LogP) is 3.55. The van der Waals surface area contributed by atoms with Crippen molar-refractivity contribution in [2.75, 3.05) is 13.7 Å². The van der Waals surface area contributed by atoms with Gasteiger partial charge in [0, 0.05) is 21.2 Å². The number of benzene rings is 2. The molecule has 2 aromatic carbocycles. The van der Waals surface area contributed by atoms with Crippen LogP contribution in [-0.2, 0) is 15.3 Å². The largest absolute Gasteiger partial charge is 0.467 e. The fraction of sp³-hybridized carbons (Fsp3) is 0.222. The number of methoxy groups -OCH3 is 1. The molecule has 0 aliphatic rings. The number of halogens is 2. The van der Waals surface area contributed by atoms with Gasteiger partial charge in [-0.05, 0) is 35.9 Å². The molecule has 0 spiro atoms. The van der Waals surface area contributed by atoms with E-state index in [9.17, 15) is 14.7 Å². The number of nitrogens with one attached hydrogen (secondary N) is 1. The second kappa shape index (κ2) is 9.83. The zero-order valence-corrected chi connectivity index (χ0v) is 16.2. The second-order valence-electron chi connectivity index (χ2n) is 5.30. The minimum Gasteiger partial charge on any atom is -0.467 e. The van der Waals surface area contributed by atoms with Crippen molar-refractivity contribution in [2.45, 2.75) is 16.7 Å². The lowest BCUT2D eigenvalue weighted by molar-refractivity contribution is -0.143. The summed E-state index contributed by atoms with van der Waals surface area (Å²) < 4.78 is 4.53. The van der Waals surface area contributed by atoms with Crippen molar-refractivity contribution >= 4 is 46.8 Å². The molecule has 2 aromatic rings. The first-order valence-electron chi connectivity index (χ1n) is 7.61. The minimum absolute atomic E-state index is 0.377. The summed E-state index contributed by atoms with van der Waals surface area (Å²) in [6.07, 6.45) is 0. The number of amides is 1. The highest BCUT2D eigenvalue weighted by atomic mass is 35.5. The van der Waals surface area contributed by atoms with E-state index in [0.29, 0.717) is 21.4 Å². The van der Waals surface area contributed by atoms with Crippen LogP contribution in [0.25, 0.3) is 0 Å². The van der Waals surface area contributed by atoms with E-state index in [-0.39, 0.29) is 0 Å². The Kier molecular flexibility index (Phi) is 7.78. The normalized spacial score (nSPS) is 11.7. The highest BCUT2D eigenvalue weighted by Gasteiger charge is 2.21. The number of hydrogen-bond donors (Lipinski definition) is 2. The summed E-state index contributed by atoms with van der Waals surface area (Å²) in [5, 5.41) is 12.8. The van der Waals surface area contributed by atoms with E-state index in [4.69, 9.17) is 23.2 Å². The van der Waals surface area contributed by atoms with Gasteiger partial charge in [0.2, 0.25) is 0 Å². The molecule has 0 fully saturated rings. The Morgan fingerprint density at radius 1 is 1.23 bits per heavy atom. The van der Waals surface area contributed by atoms with E-state index in [1.165, 1.54) is 18.9 Å². The van der Waals surface area contributed by atoms with E-state index in [1.807, 2.05) is 6.07 Å². The van der Waals surface area contributed by atoms with Crippen LogP contribution >= 0.6 is 35.0 Å². The molecular formula is C18H17Cl2NO4S. The zero-order chi connectivity index (χ0) is 19.1. The van der Waals surface area contributed by atoms with Crippen molar-refractivity contribution in [3.05, 3.63) is 63.6 Å². The van der Waals surface area contributed by atoms with Gasteiger partial charge in [-0.25, -0.2) is 4.79 Å². The van der Waals surface area contributed by atoms with Crippen LogP contribution in [-0.4, -0.2) is 36.7 Å². The maximum Gasteiger partial charge on any atom is 0.330 e. The van der Waals surface area contributed by atoms with Gasteiger partial charge in [-0.1, -0.05) is 35.3 Å². The molecule has 2 N–H and O–H groups in total. The molecule has 5 nitrogen and oxygen atoms in total. The van der Waals surface area contributed by atoms with Gasteiger partial charge < -0.3 is 15.2 Å². The molecule has 0 bridgehead atoms. The van der Waals surface area contributed by atoms with E-state index >= 15 is 0 Å². The molecule has 0 heterocycles. The quantitative estimate of drug-likeness (QED) is 0.536. The molecule has 0 radical (unpaired) electrons. The standard InChI is InChI=1S/C18H17Cl2NO4S/c1-25-18(24)15(9-22)21-17(23)12-4-2-3-11(7-12)10-26-16-8-13(19)5-6-14(16)20/h2-8,15,22H,9-10H2,1H3,(H,21,23)/t15-/m1/s1. The number of ether oxygens (including phenoxy) is 1. The topological polar surface area (TPSA) is 75.6 Å². The SMILES string of the molecule is COC(=O)[C@@H](CO)NC(=O)c1cccc(CSc2cc(Cl)ccc2Cl)c1. The lowest BCUT2D eigenvalue weighted by Gasteiger charge is -2.14. The average molecular weight is 414 g/mol. The number of carbonyl (C=O) groups is 2. The molecule has 0 unspecified atom stereocenters. The average Bonchev–Trinajstić information content (AvgIpc) is 2.66. The molecule has 8 heteroatoms. The lowest BCUT2D eigenvalue weighted by Crippen LogP contribution is -2.44. The third-order valence-corrected chi connectivity index (χ3v) is 5.25. The van der Waals surface area contributed by atoms with Crippen LogP contribution in [0.15, 0.2) is 47.4 Å². The molecule has 0 aliphatic carbocycles. The van der Waals surface area contributed by atoms with Crippen LogP contribution in [0.2, 0.25) is 10.0 Å². The molecule has 1 atom stereocenters. The van der Waals surface area contributed by atoms with E-state index in [1.54, 1.807) is 36.4 Å². The van der Waals surface area contributed by atoms with Gasteiger partial charge in [-0.3, -0.25) is 4.79 Å². The van der Waals surface area contributed by atoms with Gasteiger partial charge in [-0.15, -0.1) is 11.8 Å². The number of thioether (sulfide) groups is 1. The van der Waals surface area contributed by atoms with Crippen molar-refractivity contribution in [2.24, 2.45) is 0 Å². The summed E-state index contributed by atoms with van der Waals surface area (Å²) in [5.74, 6) is -0.591. The van der Waals surface area contributed by atoms with E-state index in [2.05, 4.69) is 10.1 Å². The van der Waals surface area contributed by atoms with E-state index in [0.717, 1.165) is 10.5 Å². The molecule has 138 valence electrons. The highest BCUT2D eigenvalue weighted by Crippen LogP contribution is 2.32. The van der Waals surface area contributed by atoms with Crippen LogP contribution in [0.4, 0.5) is 0 Å². The van der Waals surface area contributed by atoms with Crippen molar-refractivity contribution in [1.82, 2.24) is 5.32 Å². The Morgan fingerprint density at radius 3 is 2.69 bits per heavy atom. The van der Waals surface area contributed by atoms with Gasteiger partial charge in [0.1, 0.15) is 0 Å². The van der Waals surface area contributed by atoms with Gasteiger partial charge in [-0.2, -0.15) is 0 Å². The van der Waals surface area contributed by atoms with Gasteiger partial charge in [0.05, 0.1) is 18.7 Å². The summed E-state index contributed by atoms with van der Waals surface area (Å²) in [5.41, 5.74) is 1.28. The van der Waals surface area contributed by atoms with Crippen molar-refractivity contribution in [3.8, 4) is 0 Å². The van der Waals surface area contributed by atoms with Crippen LogP contribution in [0.1, 0.15) is 15.9 Å². The Morgan fingerprint density at radius 2 is 2.00 bits per heavy atom. The summed E-state index contributed by atoms with van der Waals surface area (Å²) in [6, 6.07) is 11.1. The maximum atomic E-state index is 12.3. The molecule has 0 aliphatic heterocycles. The Hall–Kier alpha value is -1.73. The number of esters is 1. The van der Waals surface area contributed by atoms with Gasteiger partial charge >= 0.3 is 5.97 Å².